The first-order valence-corrected chi connectivity index (χ1v) is 8.67. The number of halogens is 1. The Balaban J connectivity index is 1.80. The first kappa shape index (κ1) is 18.7. The van der Waals surface area contributed by atoms with Gasteiger partial charge in [-0.1, -0.05) is 11.6 Å². The van der Waals surface area contributed by atoms with Crippen molar-refractivity contribution >= 4 is 29.1 Å². The molecule has 9 nitrogen and oxygen atoms in total. The zero-order valence-corrected chi connectivity index (χ0v) is 15.9. The largest absolute Gasteiger partial charge is 0.467 e. The Morgan fingerprint density at radius 2 is 2.04 bits per heavy atom. The summed E-state index contributed by atoms with van der Waals surface area (Å²) in [4.78, 5) is 25.1. The predicted molar refractivity (Wildman–Crippen MR) is 98.7 cm³/mol. The number of aromatic nitrogens is 4. The van der Waals surface area contributed by atoms with Crippen LogP contribution in [0, 0.1) is 6.92 Å². The third-order valence-electron chi connectivity index (χ3n) is 4.03. The van der Waals surface area contributed by atoms with Crippen molar-refractivity contribution in [3.8, 4) is 0 Å². The van der Waals surface area contributed by atoms with Gasteiger partial charge in [-0.2, -0.15) is 10.2 Å². The Bertz CT molecular complexity index is 973. The highest BCUT2D eigenvalue weighted by Gasteiger charge is 2.23. The van der Waals surface area contributed by atoms with Gasteiger partial charge in [-0.15, -0.1) is 0 Å². The van der Waals surface area contributed by atoms with Crippen LogP contribution in [0.25, 0.3) is 0 Å². The third kappa shape index (κ3) is 3.87. The molecular weight excluding hydrogens is 372 g/mol. The standard InChI is InChI=1S/C17H19ClN6O3/c1-4-24-9-12(20-17(26)15-13(18)10(2)23(3)21-15)14(22-24)16(25)19-8-11-6-5-7-27-11/h5-7,9H,4,8H2,1-3H3,(H,19,25)(H,20,26). The van der Waals surface area contributed by atoms with Crippen LogP contribution in [0.15, 0.2) is 29.0 Å². The number of carbonyl (C=O) groups is 2. The summed E-state index contributed by atoms with van der Waals surface area (Å²) in [5, 5.41) is 14.0. The molecule has 0 aliphatic carbocycles. The molecule has 3 heterocycles. The van der Waals surface area contributed by atoms with Crippen LogP contribution in [0.1, 0.15) is 39.4 Å². The average molecular weight is 391 g/mol. The van der Waals surface area contributed by atoms with Crippen molar-refractivity contribution < 1.29 is 14.0 Å². The van der Waals surface area contributed by atoms with Gasteiger partial charge in [-0.25, -0.2) is 0 Å². The van der Waals surface area contributed by atoms with Gasteiger partial charge in [0.1, 0.15) is 5.76 Å². The third-order valence-corrected chi connectivity index (χ3v) is 4.48. The number of hydrogen-bond donors (Lipinski definition) is 2. The van der Waals surface area contributed by atoms with Gasteiger partial charge in [0.2, 0.25) is 0 Å². The molecule has 0 spiro atoms. The highest BCUT2D eigenvalue weighted by molar-refractivity contribution is 6.34. The van der Waals surface area contributed by atoms with E-state index in [4.69, 9.17) is 16.0 Å². The van der Waals surface area contributed by atoms with Crippen LogP contribution < -0.4 is 10.6 Å². The van der Waals surface area contributed by atoms with Crippen LogP contribution in [-0.4, -0.2) is 31.4 Å². The summed E-state index contributed by atoms with van der Waals surface area (Å²) < 4.78 is 8.27. The molecule has 2 N–H and O–H groups in total. The molecule has 3 aromatic heterocycles. The number of rotatable bonds is 6. The summed E-state index contributed by atoms with van der Waals surface area (Å²) in [5.74, 6) is -0.337. The van der Waals surface area contributed by atoms with E-state index >= 15 is 0 Å². The van der Waals surface area contributed by atoms with Gasteiger partial charge in [0.15, 0.2) is 11.4 Å². The molecule has 10 heteroatoms. The second kappa shape index (κ2) is 7.67. The molecular formula is C17H19ClN6O3. The van der Waals surface area contributed by atoms with Crippen LogP contribution in [0.2, 0.25) is 5.02 Å². The van der Waals surface area contributed by atoms with Gasteiger partial charge in [-0.3, -0.25) is 19.0 Å². The minimum absolute atomic E-state index is 0.0860. The van der Waals surface area contributed by atoms with Crippen molar-refractivity contribution in [2.45, 2.75) is 26.9 Å². The number of aryl methyl sites for hydroxylation is 2. The zero-order chi connectivity index (χ0) is 19.6. The number of nitrogens with one attached hydrogen (secondary N) is 2. The first-order valence-electron chi connectivity index (χ1n) is 8.29. The van der Waals surface area contributed by atoms with Crippen molar-refractivity contribution in [3.05, 3.63) is 52.5 Å². The fourth-order valence-corrected chi connectivity index (χ4v) is 2.66. The van der Waals surface area contributed by atoms with E-state index in [1.165, 1.54) is 10.9 Å². The van der Waals surface area contributed by atoms with E-state index in [0.717, 1.165) is 0 Å². The highest BCUT2D eigenvalue weighted by atomic mass is 35.5. The smallest absolute Gasteiger partial charge is 0.277 e. The Morgan fingerprint density at radius 1 is 1.26 bits per heavy atom. The van der Waals surface area contributed by atoms with E-state index in [9.17, 15) is 9.59 Å². The second-order valence-electron chi connectivity index (χ2n) is 5.83. The van der Waals surface area contributed by atoms with E-state index in [1.807, 2.05) is 6.92 Å². The minimum atomic E-state index is -0.514. The van der Waals surface area contributed by atoms with Crippen molar-refractivity contribution in [1.82, 2.24) is 24.9 Å². The predicted octanol–water partition coefficient (Wildman–Crippen LogP) is 2.37. The fraction of sp³-hybridized carbons (Fsp3) is 0.294. The fourth-order valence-electron chi connectivity index (χ4n) is 2.42. The van der Waals surface area contributed by atoms with E-state index in [0.29, 0.717) is 18.0 Å². The molecule has 0 aliphatic rings. The van der Waals surface area contributed by atoms with Crippen LogP contribution in [0.5, 0.6) is 0 Å². The maximum Gasteiger partial charge on any atom is 0.277 e. The molecule has 3 rings (SSSR count). The molecule has 0 saturated heterocycles. The molecule has 0 atom stereocenters. The number of furan rings is 1. The maximum atomic E-state index is 12.6. The lowest BCUT2D eigenvalue weighted by Crippen LogP contribution is -2.25. The lowest BCUT2D eigenvalue weighted by atomic mass is 10.3. The summed E-state index contributed by atoms with van der Waals surface area (Å²) in [7, 11) is 1.70. The second-order valence-corrected chi connectivity index (χ2v) is 6.21. The highest BCUT2D eigenvalue weighted by Crippen LogP contribution is 2.22. The van der Waals surface area contributed by atoms with E-state index in [-0.39, 0.29) is 28.6 Å². The van der Waals surface area contributed by atoms with Crippen LogP contribution in [0.4, 0.5) is 5.69 Å². The van der Waals surface area contributed by atoms with E-state index in [2.05, 4.69) is 20.8 Å². The summed E-state index contributed by atoms with van der Waals surface area (Å²) in [6.45, 7) is 4.39. The molecule has 0 aliphatic heterocycles. The summed E-state index contributed by atoms with van der Waals surface area (Å²) >= 11 is 6.16. The van der Waals surface area contributed by atoms with Gasteiger partial charge < -0.3 is 15.1 Å². The van der Waals surface area contributed by atoms with Crippen molar-refractivity contribution in [2.75, 3.05) is 5.32 Å². The average Bonchev–Trinajstić information content (AvgIpc) is 3.36. The summed E-state index contributed by atoms with van der Waals surface area (Å²) in [5.41, 5.74) is 1.13. The number of amides is 2. The number of hydrogen-bond acceptors (Lipinski definition) is 5. The molecule has 0 aromatic carbocycles. The monoisotopic (exact) mass is 390 g/mol. The quantitative estimate of drug-likeness (QED) is 0.672. The van der Waals surface area contributed by atoms with Gasteiger partial charge in [0, 0.05) is 19.8 Å². The van der Waals surface area contributed by atoms with Crippen LogP contribution >= 0.6 is 11.6 Å². The molecule has 0 saturated carbocycles. The van der Waals surface area contributed by atoms with Crippen molar-refractivity contribution in [3.63, 3.8) is 0 Å². The molecule has 3 aromatic rings. The van der Waals surface area contributed by atoms with Crippen LogP contribution in [-0.2, 0) is 20.1 Å². The Morgan fingerprint density at radius 3 is 2.63 bits per heavy atom. The van der Waals surface area contributed by atoms with Crippen LogP contribution in [0.3, 0.4) is 0 Å². The lowest BCUT2D eigenvalue weighted by Gasteiger charge is -2.05. The Hall–Kier alpha value is -3.07. The summed E-state index contributed by atoms with van der Waals surface area (Å²) in [6, 6.07) is 3.48. The van der Waals surface area contributed by atoms with Crippen molar-refractivity contribution in [1.29, 1.82) is 0 Å². The number of anilines is 1. The Labute approximate surface area is 160 Å². The molecule has 0 fully saturated rings. The lowest BCUT2D eigenvalue weighted by molar-refractivity contribution is 0.0943. The molecule has 0 radical (unpaired) electrons. The minimum Gasteiger partial charge on any atom is -0.467 e. The Kier molecular flexibility index (Phi) is 5.31. The number of carbonyl (C=O) groups excluding carboxylic acids is 2. The van der Waals surface area contributed by atoms with Gasteiger partial charge in [0.25, 0.3) is 11.8 Å². The van der Waals surface area contributed by atoms with Gasteiger partial charge >= 0.3 is 0 Å². The summed E-state index contributed by atoms with van der Waals surface area (Å²) in [6.07, 6.45) is 3.11. The normalized spacial score (nSPS) is 10.8. The first-order chi connectivity index (χ1) is 12.9. The number of nitrogens with zero attached hydrogens (tertiary/aromatic N) is 4. The maximum absolute atomic E-state index is 12.6. The topological polar surface area (TPSA) is 107 Å². The van der Waals surface area contributed by atoms with Gasteiger partial charge in [-0.05, 0) is 26.0 Å². The van der Waals surface area contributed by atoms with Gasteiger partial charge in [0.05, 0.1) is 29.2 Å². The van der Waals surface area contributed by atoms with Crippen molar-refractivity contribution in [2.24, 2.45) is 7.05 Å². The molecule has 0 bridgehead atoms. The molecule has 27 heavy (non-hydrogen) atoms. The van der Waals surface area contributed by atoms with E-state index < -0.39 is 11.8 Å². The van der Waals surface area contributed by atoms with E-state index in [1.54, 1.807) is 37.0 Å². The molecule has 0 unspecified atom stereocenters. The zero-order valence-electron chi connectivity index (χ0n) is 15.1. The molecule has 2 amide bonds. The SMILES string of the molecule is CCn1cc(NC(=O)c2nn(C)c(C)c2Cl)c(C(=O)NCc2ccco2)n1. The molecule has 142 valence electrons.